The minimum Gasteiger partial charge on any atom is -0.478 e. The number of Topliss-reactive ketones (excluding diaryl/α,β-unsaturated/α-hetero) is 1. The lowest BCUT2D eigenvalue weighted by atomic mass is 9.87. The Hall–Kier alpha value is -4.35. The van der Waals surface area contributed by atoms with Crippen LogP contribution in [0.3, 0.4) is 0 Å². The van der Waals surface area contributed by atoms with Crippen LogP contribution in [-0.2, 0) is 25.6 Å². The minimum absolute atomic E-state index is 0.0190. The van der Waals surface area contributed by atoms with Gasteiger partial charge in [0.15, 0.2) is 11.5 Å². The van der Waals surface area contributed by atoms with Crippen molar-refractivity contribution in [1.82, 2.24) is 21.1 Å². The second kappa shape index (κ2) is 14.3. The van der Waals surface area contributed by atoms with Crippen molar-refractivity contribution >= 4 is 29.5 Å². The summed E-state index contributed by atoms with van der Waals surface area (Å²) in [6.45, 7) is 5.63. The Morgan fingerprint density at radius 1 is 1.20 bits per heavy atom. The maximum atomic E-state index is 13.6. The lowest BCUT2D eigenvalue weighted by Gasteiger charge is -2.25. The van der Waals surface area contributed by atoms with E-state index >= 15 is 0 Å². The highest BCUT2D eigenvalue weighted by atomic mass is 19.1. The Morgan fingerprint density at radius 2 is 1.90 bits per heavy atom. The lowest BCUT2D eigenvalue weighted by Crippen LogP contribution is -2.47. The molecule has 1 aromatic heterocycles. The molecule has 220 valence electrons. The summed E-state index contributed by atoms with van der Waals surface area (Å²) in [6, 6.07) is 5.25. The monoisotopic (exact) mass is 570 g/mol. The molecule has 0 bridgehead atoms. The van der Waals surface area contributed by atoms with Crippen LogP contribution in [0.25, 0.3) is 0 Å². The fraction of sp³-hybridized carbons (Fsp3) is 0.448. The summed E-state index contributed by atoms with van der Waals surface area (Å²) in [5.74, 6) is -4.60. The van der Waals surface area contributed by atoms with Crippen LogP contribution in [0.15, 0.2) is 47.0 Å². The van der Waals surface area contributed by atoms with Gasteiger partial charge in [0.1, 0.15) is 11.6 Å². The predicted octanol–water partition coefficient (Wildman–Crippen LogP) is 2.35. The van der Waals surface area contributed by atoms with Crippen LogP contribution in [0.5, 0.6) is 0 Å². The number of aromatic nitrogens is 1. The first-order valence-corrected chi connectivity index (χ1v) is 13.4. The van der Waals surface area contributed by atoms with E-state index < -0.39 is 53.3 Å². The molecule has 0 aliphatic carbocycles. The van der Waals surface area contributed by atoms with Gasteiger partial charge in [0.05, 0.1) is 6.04 Å². The molecular weight excluding hydrogens is 535 g/mol. The number of nitrogens with one attached hydrogen (secondary N) is 3. The first-order chi connectivity index (χ1) is 19.4. The number of hydrogen-bond acceptors (Lipinski definition) is 7. The molecule has 1 fully saturated rings. The summed E-state index contributed by atoms with van der Waals surface area (Å²) in [4.78, 5) is 63.1. The van der Waals surface area contributed by atoms with Crippen molar-refractivity contribution in [1.29, 1.82) is 0 Å². The quantitative estimate of drug-likeness (QED) is 0.251. The predicted molar refractivity (Wildman–Crippen MR) is 145 cm³/mol. The third-order valence-electron chi connectivity index (χ3n) is 6.87. The average Bonchev–Trinajstić information content (AvgIpc) is 3.53. The summed E-state index contributed by atoms with van der Waals surface area (Å²) in [6.07, 6.45) is 2.75. The third-order valence-corrected chi connectivity index (χ3v) is 6.87. The van der Waals surface area contributed by atoms with Crippen molar-refractivity contribution in [2.75, 3.05) is 6.54 Å². The van der Waals surface area contributed by atoms with Gasteiger partial charge < -0.3 is 25.6 Å². The normalized spacial score (nSPS) is 17.2. The number of benzene rings is 1. The molecule has 3 amide bonds. The van der Waals surface area contributed by atoms with E-state index in [9.17, 15) is 28.4 Å². The summed E-state index contributed by atoms with van der Waals surface area (Å²) in [5.41, 5.74) is 0.626. The minimum atomic E-state index is -1.21. The highest BCUT2D eigenvalue weighted by molar-refractivity contribution is 5.97. The maximum absolute atomic E-state index is 13.6. The molecule has 1 aliphatic heterocycles. The number of halogens is 1. The van der Waals surface area contributed by atoms with Gasteiger partial charge in [-0.25, -0.2) is 9.18 Å². The van der Waals surface area contributed by atoms with Crippen molar-refractivity contribution in [2.45, 2.75) is 58.5 Å². The van der Waals surface area contributed by atoms with Gasteiger partial charge in [-0.15, -0.1) is 0 Å². The zero-order valence-electron chi connectivity index (χ0n) is 23.2. The first kappa shape index (κ1) is 31.2. The SMILES string of the molecule is Cc1cc(C(=O)N[C@H](C(=O)C[C@@H](Cc2ccc(F)cc2)C(=O)N[C@H](/C=C/C(=O)O)CC2CCNC2=O)C(C)C)no1. The number of aliphatic carboxylic acids is 1. The Balaban J connectivity index is 1.81. The number of carbonyl (C=O) groups excluding carboxylic acids is 4. The molecule has 2 heterocycles. The third kappa shape index (κ3) is 9.37. The molecule has 0 radical (unpaired) electrons. The second-order valence-corrected chi connectivity index (χ2v) is 10.5. The van der Waals surface area contributed by atoms with E-state index in [1.165, 1.54) is 36.4 Å². The van der Waals surface area contributed by atoms with Crippen LogP contribution in [0.2, 0.25) is 0 Å². The average molecular weight is 571 g/mol. The summed E-state index contributed by atoms with van der Waals surface area (Å²) < 4.78 is 18.5. The molecule has 0 spiro atoms. The molecule has 41 heavy (non-hydrogen) atoms. The van der Waals surface area contributed by atoms with E-state index in [0.717, 1.165) is 6.08 Å². The van der Waals surface area contributed by atoms with Gasteiger partial charge >= 0.3 is 5.97 Å². The van der Waals surface area contributed by atoms with Crippen LogP contribution in [-0.4, -0.2) is 58.4 Å². The van der Waals surface area contributed by atoms with Gasteiger partial charge in [-0.1, -0.05) is 37.2 Å². The molecule has 1 saturated heterocycles. The van der Waals surface area contributed by atoms with E-state index in [4.69, 9.17) is 9.63 Å². The van der Waals surface area contributed by atoms with E-state index in [1.54, 1.807) is 20.8 Å². The fourth-order valence-corrected chi connectivity index (χ4v) is 4.70. The van der Waals surface area contributed by atoms with Crippen molar-refractivity contribution in [2.24, 2.45) is 17.8 Å². The van der Waals surface area contributed by atoms with Crippen LogP contribution >= 0.6 is 0 Å². The molecule has 1 unspecified atom stereocenters. The number of carbonyl (C=O) groups is 5. The molecule has 0 saturated carbocycles. The van der Waals surface area contributed by atoms with Gasteiger partial charge in [-0.2, -0.15) is 0 Å². The van der Waals surface area contributed by atoms with Crippen LogP contribution < -0.4 is 16.0 Å². The molecule has 1 aromatic carbocycles. The van der Waals surface area contributed by atoms with Crippen molar-refractivity contribution in [3.63, 3.8) is 0 Å². The van der Waals surface area contributed by atoms with E-state index in [-0.39, 0.29) is 36.8 Å². The first-order valence-electron chi connectivity index (χ1n) is 13.4. The lowest BCUT2D eigenvalue weighted by molar-refractivity contribution is -0.131. The molecule has 1 aliphatic rings. The largest absolute Gasteiger partial charge is 0.478 e. The zero-order chi connectivity index (χ0) is 30.1. The molecule has 2 aromatic rings. The number of rotatable bonds is 14. The topological polar surface area (TPSA) is 168 Å². The number of nitrogens with zero attached hydrogens (tertiary/aromatic N) is 1. The molecule has 11 nitrogen and oxygen atoms in total. The molecule has 3 rings (SSSR count). The highest BCUT2D eigenvalue weighted by Gasteiger charge is 2.32. The number of ketones is 1. The molecular formula is C29H35FN4O7. The summed E-state index contributed by atoms with van der Waals surface area (Å²) in [5, 5.41) is 21.0. The summed E-state index contributed by atoms with van der Waals surface area (Å²) >= 11 is 0. The number of aryl methyl sites for hydroxylation is 1. The summed E-state index contributed by atoms with van der Waals surface area (Å²) in [7, 11) is 0. The number of hydrogen-bond donors (Lipinski definition) is 4. The number of carboxylic acid groups (broad SMARTS) is 1. The van der Waals surface area contributed by atoms with E-state index in [1.807, 2.05) is 0 Å². The Morgan fingerprint density at radius 3 is 2.46 bits per heavy atom. The van der Waals surface area contributed by atoms with Gasteiger partial charge in [0.25, 0.3) is 5.91 Å². The van der Waals surface area contributed by atoms with Gasteiger partial charge in [-0.3, -0.25) is 19.2 Å². The standard InChI is InChI=1S/C29H35FN4O7/c1-16(2)26(33-29(40)23-12-17(3)41-34-23)24(35)15-20(13-18-4-6-21(30)7-5-18)28(39)32-22(8-9-25(36)37)14-19-10-11-31-27(19)38/h4-9,12,16,19-20,22,26H,10-11,13-15H2,1-3H3,(H,31,38)(H,32,39)(H,33,40)(H,36,37)/b9-8+/t19?,20-,22-,26+/m1/s1. The Labute approximate surface area is 236 Å². The molecule has 4 atom stereocenters. The molecule has 12 heteroatoms. The fourth-order valence-electron chi connectivity index (χ4n) is 4.70. The van der Waals surface area contributed by atoms with Crippen LogP contribution in [0, 0.1) is 30.5 Å². The van der Waals surface area contributed by atoms with Crippen LogP contribution in [0.1, 0.15) is 54.9 Å². The Kier molecular flexibility index (Phi) is 10.9. The number of carboxylic acids is 1. The van der Waals surface area contributed by atoms with Gasteiger partial charge in [0.2, 0.25) is 11.8 Å². The van der Waals surface area contributed by atoms with Gasteiger partial charge in [0, 0.05) is 43.0 Å². The molecule has 4 N–H and O–H groups in total. The van der Waals surface area contributed by atoms with E-state index in [0.29, 0.717) is 24.3 Å². The maximum Gasteiger partial charge on any atom is 0.328 e. The Bertz CT molecular complexity index is 1290. The second-order valence-electron chi connectivity index (χ2n) is 10.5. The van der Waals surface area contributed by atoms with Crippen molar-refractivity contribution in [3.8, 4) is 0 Å². The zero-order valence-corrected chi connectivity index (χ0v) is 23.2. The van der Waals surface area contributed by atoms with E-state index in [2.05, 4.69) is 21.1 Å². The highest BCUT2D eigenvalue weighted by Crippen LogP contribution is 2.21. The number of amides is 3. The van der Waals surface area contributed by atoms with Crippen molar-refractivity contribution < 1.29 is 38.0 Å². The van der Waals surface area contributed by atoms with Gasteiger partial charge in [-0.05, 0) is 49.8 Å². The smallest absolute Gasteiger partial charge is 0.328 e. The van der Waals surface area contributed by atoms with Crippen molar-refractivity contribution in [3.05, 3.63) is 65.3 Å². The van der Waals surface area contributed by atoms with Crippen LogP contribution in [0.4, 0.5) is 4.39 Å².